The third-order valence-electron chi connectivity index (χ3n) is 4.05. The summed E-state index contributed by atoms with van der Waals surface area (Å²) in [6, 6.07) is 19.7. The van der Waals surface area contributed by atoms with Gasteiger partial charge in [0.1, 0.15) is 6.33 Å². The van der Waals surface area contributed by atoms with Crippen LogP contribution in [0.5, 0.6) is 0 Å². The molecule has 4 rings (SSSR count). The molecule has 0 aliphatic heterocycles. The van der Waals surface area contributed by atoms with Gasteiger partial charge in [0.05, 0.1) is 17.3 Å². The molecule has 0 amide bonds. The summed E-state index contributed by atoms with van der Waals surface area (Å²) in [6.45, 7) is 0.599. The average molecular weight is 375 g/mol. The molecule has 0 fully saturated rings. The molecule has 0 aliphatic rings. The first-order valence-corrected chi connectivity index (χ1v) is 8.77. The van der Waals surface area contributed by atoms with E-state index in [1.54, 1.807) is 10.9 Å². The molecule has 0 spiro atoms. The largest absolute Gasteiger partial charge is 0.357 e. The summed E-state index contributed by atoms with van der Waals surface area (Å²) in [5, 5.41) is 16.9. The Morgan fingerprint density at radius 3 is 2.48 bits per heavy atom. The molecule has 0 saturated heterocycles. The fourth-order valence-corrected chi connectivity index (χ4v) is 2.87. The smallest absolute Gasteiger partial charge is 0.186 e. The molecule has 2 heterocycles. The van der Waals surface area contributed by atoms with Crippen LogP contribution >= 0.6 is 12.2 Å². The van der Waals surface area contributed by atoms with Crippen LogP contribution < -0.4 is 16.2 Å². The van der Waals surface area contributed by atoms with E-state index in [0.717, 1.165) is 11.3 Å². The van der Waals surface area contributed by atoms with Crippen molar-refractivity contribution in [1.29, 1.82) is 5.41 Å². The molecular formula is C19H17N7S. The lowest BCUT2D eigenvalue weighted by Crippen LogP contribution is -2.39. The second-order valence-corrected chi connectivity index (χ2v) is 6.28. The van der Waals surface area contributed by atoms with Gasteiger partial charge < -0.3 is 5.32 Å². The lowest BCUT2D eigenvalue weighted by molar-refractivity contribution is 0.819. The van der Waals surface area contributed by atoms with Crippen LogP contribution in [0.1, 0.15) is 5.56 Å². The molecule has 0 bridgehead atoms. The highest BCUT2D eigenvalue weighted by Crippen LogP contribution is 2.12. The van der Waals surface area contributed by atoms with Crippen molar-refractivity contribution >= 4 is 28.4 Å². The summed E-state index contributed by atoms with van der Waals surface area (Å²) >= 11 is 5.32. The minimum Gasteiger partial charge on any atom is -0.357 e. The summed E-state index contributed by atoms with van der Waals surface area (Å²) < 4.78 is 3.18. The molecule has 4 aromatic rings. The van der Waals surface area contributed by atoms with E-state index >= 15 is 0 Å². The van der Waals surface area contributed by atoms with Gasteiger partial charge in [-0.05, 0) is 29.9 Å². The number of para-hydroxylation sites is 1. The van der Waals surface area contributed by atoms with Gasteiger partial charge in [-0.1, -0.05) is 48.5 Å². The monoisotopic (exact) mass is 375 g/mol. The first-order chi connectivity index (χ1) is 13.2. The van der Waals surface area contributed by atoms with E-state index in [1.807, 2.05) is 60.7 Å². The standard InChI is InChI=1S/C19H17N7S/c20-17-16-12-23-26(15-9-5-2-6-10-15)18(16)22-13-25(17)24-19(27)21-11-14-7-3-1-4-8-14/h1-10,12-13,20H,11H2,(H2,21,24,27). The maximum Gasteiger partial charge on any atom is 0.186 e. The van der Waals surface area contributed by atoms with Crippen molar-refractivity contribution < 1.29 is 0 Å². The van der Waals surface area contributed by atoms with Gasteiger partial charge in [-0.2, -0.15) is 5.10 Å². The lowest BCUT2D eigenvalue weighted by Gasteiger charge is -2.13. The van der Waals surface area contributed by atoms with Crippen molar-refractivity contribution in [3.63, 3.8) is 0 Å². The predicted octanol–water partition coefficient (Wildman–Crippen LogP) is 2.32. The zero-order valence-corrected chi connectivity index (χ0v) is 15.1. The van der Waals surface area contributed by atoms with Crippen molar-refractivity contribution in [3.8, 4) is 5.69 Å². The SMILES string of the molecule is N=c1c2cnn(-c3ccccc3)c2ncn1NC(=S)NCc1ccccc1. The van der Waals surface area contributed by atoms with Crippen molar-refractivity contribution in [3.05, 3.63) is 84.2 Å². The van der Waals surface area contributed by atoms with Gasteiger partial charge in [0, 0.05) is 6.54 Å². The minimum atomic E-state index is 0.228. The quantitative estimate of drug-likeness (QED) is 0.477. The van der Waals surface area contributed by atoms with Gasteiger partial charge in [0.25, 0.3) is 0 Å². The lowest BCUT2D eigenvalue weighted by atomic mass is 10.2. The number of rotatable bonds is 4. The van der Waals surface area contributed by atoms with E-state index in [0.29, 0.717) is 22.7 Å². The van der Waals surface area contributed by atoms with Crippen molar-refractivity contribution in [2.24, 2.45) is 0 Å². The van der Waals surface area contributed by atoms with Gasteiger partial charge in [-0.25, -0.2) is 14.3 Å². The Hall–Kier alpha value is -3.52. The highest BCUT2D eigenvalue weighted by atomic mass is 32.1. The Morgan fingerprint density at radius 1 is 1.04 bits per heavy atom. The van der Waals surface area contributed by atoms with Gasteiger partial charge in [-0.15, -0.1) is 0 Å². The molecule has 0 aliphatic carbocycles. The third kappa shape index (κ3) is 3.56. The van der Waals surface area contributed by atoms with E-state index in [4.69, 9.17) is 17.6 Å². The first-order valence-electron chi connectivity index (χ1n) is 8.36. The average Bonchev–Trinajstić information content (AvgIpc) is 3.15. The Kier molecular flexibility index (Phi) is 4.63. The predicted molar refractivity (Wildman–Crippen MR) is 108 cm³/mol. The Bertz CT molecular complexity index is 1130. The number of nitrogens with zero attached hydrogens (tertiary/aromatic N) is 4. The molecule has 134 valence electrons. The zero-order valence-electron chi connectivity index (χ0n) is 14.3. The van der Waals surface area contributed by atoms with E-state index in [9.17, 15) is 0 Å². The van der Waals surface area contributed by atoms with Gasteiger partial charge >= 0.3 is 0 Å². The summed E-state index contributed by atoms with van der Waals surface area (Å²) in [4.78, 5) is 4.44. The first kappa shape index (κ1) is 16.9. The Labute approximate surface area is 160 Å². The van der Waals surface area contributed by atoms with Crippen LogP contribution in [0.2, 0.25) is 0 Å². The van der Waals surface area contributed by atoms with E-state index in [2.05, 4.69) is 20.8 Å². The summed E-state index contributed by atoms with van der Waals surface area (Å²) in [6.07, 6.45) is 3.17. The van der Waals surface area contributed by atoms with Crippen LogP contribution in [0.25, 0.3) is 16.7 Å². The number of fused-ring (bicyclic) bond motifs is 1. The number of nitrogens with one attached hydrogen (secondary N) is 3. The molecule has 7 nitrogen and oxygen atoms in total. The minimum absolute atomic E-state index is 0.228. The molecule has 2 aromatic carbocycles. The molecule has 0 radical (unpaired) electrons. The molecule has 2 aromatic heterocycles. The molecule has 27 heavy (non-hydrogen) atoms. The highest BCUT2D eigenvalue weighted by molar-refractivity contribution is 7.80. The second-order valence-electron chi connectivity index (χ2n) is 5.87. The Morgan fingerprint density at radius 2 is 1.74 bits per heavy atom. The van der Waals surface area contributed by atoms with Crippen LogP contribution in [0.15, 0.2) is 73.2 Å². The van der Waals surface area contributed by atoms with E-state index in [1.165, 1.54) is 11.0 Å². The van der Waals surface area contributed by atoms with Crippen LogP contribution in [-0.4, -0.2) is 24.6 Å². The van der Waals surface area contributed by atoms with Gasteiger partial charge in [0.15, 0.2) is 16.2 Å². The fraction of sp³-hybridized carbons (Fsp3) is 0.0526. The summed E-state index contributed by atoms with van der Waals surface area (Å²) in [5.41, 5.74) is 5.83. The molecule has 8 heteroatoms. The topological polar surface area (TPSA) is 83.5 Å². The van der Waals surface area contributed by atoms with Crippen molar-refractivity contribution in [2.75, 3.05) is 5.43 Å². The highest BCUT2D eigenvalue weighted by Gasteiger charge is 2.10. The molecule has 0 unspecified atom stereocenters. The maximum absolute atomic E-state index is 8.42. The number of thiocarbonyl (C=S) groups is 1. The molecule has 0 saturated carbocycles. The summed E-state index contributed by atoms with van der Waals surface area (Å²) in [5.74, 6) is 0. The fourth-order valence-electron chi connectivity index (χ4n) is 2.70. The normalized spacial score (nSPS) is 10.7. The number of benzene rings is 2. The molecule has 0 atom stereocenters. The van der Waals surface area contributed by atoms with Gasteiger partial charge in [-0.3, -0.25) is 10.8 Å². The maximum atomic E-state index is 8.42. The number of aromatic nitrogens is 4. The van der Waals surface area contributed by atoms with E-state index < -0.39 is 0 Å². The van der Waals surface area contributed by atoms with Crippen molar-refractivity contribution in [2.45, 2.75) is 6.54 Å². The van der Waals surface area contributed by atoms with Crippen molar-refractivity contribution in [1.82, 2.24) is 24.8 Å². The van der Waals surface area contributed by atoms with E-state index in [-0.39, 0.29) is 5.49 Å². The Balaban J connectivity index is 1.54. The zero-order chi connectivity index (χ0) is 18.6. The summed E-state index contributed by atoms with van der Waals surface area (Å²) in [7, 11) is 0. The van der Waals surface area contributed by atoms with Crippen LogP contribution in [0, 0.1) is 5.41 Å². The third-order valence-corrected chi connectivity index (χ3v) is 4.29. The van der Waals surface area contributed by atoms with Crippen LogP contribution in [0.4, 0.5) is 0 Å². The molecular weight excluding hydrogens is 358 g/mol. The van der Waals surface area contributed by atoms with Crippen LogP contribution in [-0.2, 0) is 6.54 Å². The van der Waals surface area contributed by atoms with Gasteiger partial charge in [0.2, 0.25) is 0 Å². The van der Waals surface area contributed by atoms with Crippen LogP contribution in [0.3, 0.4) is 0 Å². The molecule has 3 N–H and O–H groups in total. The number of hydrogen-bond acceptors (Lipinski definition) is 4. The second kappa shape index (κ2) is 7.38. The number of hydrogen-bond donors (Lipinski definition) is 3.